The van der Waals surface area contributed by atoms with Crippen LogP contribution >= 0.6 is 11.8 Å². The summed E-state index contributed by atoms with van der Waals surface area (Å²) in [5.74, 6) is 3.43. The van der Waals surface area contributed by atoms with E-state index in [0.29, 0.717) is 18.4 Å². The quantitative estimate of drug-likeness (QED) is 0.790. The van der Waals surface area contributed by atoms with Crippen molar-refractivity contribution >= 4 is 23.6 Å². The van der Waals surface area contributed by atoms with Crippen molar-refractivity contribution in [3.05, 3.63) is 0 Å². The standard InChI is InChI=1S/C17H30N4O2S/c1-13-7-14(2)9-21(8-13)16(22)10-19-3-5-20(6-4-19)17(23)15-11-24-12-18-15/h13-15,18H,3-12H2,1-2H3. The third-order valence-electron chi connectivity index (χ3n) is 5.28. The first kappa shape index (κ1) is 18.0. The van der Waals surface area contributed by atoms with Crippen LogP contribution in [0.5, 0.6) is 0 Å². The van der Waals surface area contributed by atoms with E-state index in [1.54, 1.807) is 11.8 Å². The average molecular weight is 355 g/mol. The molecule has 3 aliphatic rings. The minimum atomic E-state index is -0.0143. The molecule has 3 aliphatic heterocycles. The number of carbonyl (C=O) groups is 2. The molecule has 2 amide bonds. The zero-order chi connectivity index (χ0) is 17.1. The van der Waals surface area contributed by atoms with Gasteiger partial charge in [0, 0.05) is 50.9 Å². The summed E-state index contributed by atoms with van der Waals surface area (Å²) >= 11 is 1.78. The van der Waals surface area contributed by atoms with Crippen LogP contribution in [0.3, 0.4) is 0 Å². The average Bonchev–Trinajstić information content (AvgIpc) is 3.08. The van der Waals surface area contributed by atoms with Crippen LogP contribution in [0.15, 0.2) is 0 Å². The molecular formula is C17H30N4O2S. The molecule has 0 aromatic carbocycles. The lowest BCUT2D eigenvalue weighted by molar-refractivity contribution is -0.137. The van der Waals surface area contributed by atoms with Crippen LogP contribution in [0, 0.1) is 11.8 Å². The Hall–Kier alpha value is -0.790. The van der Waals surface area contributed by atoms with Gasteiger partial charge in [0.2, 0.25) is 11.8 Å². The van der Waals surface area contributed by atoms with Gasteiger partial charge in [0.15, 0.2) is 0 Å². The van der Waals surface area contributed by atoms with Crippen molar-refractivity contribution in [2.45, 2.75) is 26.3 Å². The minimum absolute atomic E-state index is 0.0143. The van der Waals surface area contributed by atoms with E-state index in [2.05, 4.69) is 24.1 Å². The van der Waals surface area contributed by atoms with Crippen molar-refractivity contribution in [1.29, 1.82) is 0 Å². The van der Waals surface area contributed by atoms with Gasteiger partial charge in [-0.25, -0.2) is 0 Å². The Morgan fingerprint density at radius 1 is 1.04 bits per heavy atom. The number of piperidine rings is 1. The monoisotopic (exact) mass is 354 g/mol. The van der Waals surface area contributed by atoms with Gasteiger partial charge < -0.3 is 9.80 Å². The largest absolute Gasteiger partial charge is 0.341 e. The normalized spacial score (nSPS) is 32.2. The third-order valence-corrected chi connectivity index (χ3v) is 6.22. The predicted molar refractivity (Wildman–Crippen MR) is 96.8 cm³/mol. The molecule has 6 nitrogen and oxygen atoms in total. The summed E-state index contributed by atoms with van der Waals surface area (Å²) in [6.07, 6.45) is 1.22. The number of piperazine rings is 1. The molecular weight excluding hydrogens is 324 g/mol. The van der Waals surface area contributed by atoms with E-state index in [1.807, 2.05) is 9.80 Å². The van der Waals surface area contributed by atoms with Crippen molar-refractivity contribution < 1.29 is 9.59 Å². The van der Waals surface area contributed by atoms with E-state index >= 15 is 0 Å². The van der Waals surface area contributed by atoms with E-state index in [9.17, 15) is 9.59 Å². The van der Waals surface area contributed by atoms with E-state index < -0.39 is 0 Å². The molecule has 0 aromatic rings. The Balaban J connectivity index is 1.43. The molecule has 3 unspecified atom stereocenters. The maximum atomic E-state index is 12.6. The van der Waals surface area contributed by atoms with Gasteiger partial charge in [0.05, 0.1) is 12.6 Å². The molecule has 1 N–H and O–H groups in total. The summed E-state index contributed by atoms with van der Waals surface area (Å²) in [7, 11) is 0. The zero-order valence-corrected chi connectivity index (χ0v) is 15.7. The van der Waals surface area contributed by atoms with Gasteiger partial charge in [-0.05, 0) is 18.3 Å². The topological polar surface area (TPSA) is 55.9 Å². The molecule has 0 spiro atoms. The van der Waals surface area contributed by atoms with Crippen molar-refractivity contribution in [1.82, 2.24) is 20.0 Å². The number of hydrogen-bond donors (Lipinski definition) is 1. The van der Waals surface area contributed by atoms with Gasteiger partial charge in [0.1, 0.15) is 0 Å². The van der Waals surface area contributed by atoms with Gasteiger partial charge in [-0.15, -0.1) is 11.8 Å². The van der Waals surface area contributed by atoms with Crippen LogP contribution in [-0.4, -0.2) is 90.0 Å². The SMILES string of the molecule is CC1CC(C)CN(C(=O)CN2CCN(C(=O)C3CSCN3)CC2)C1. The second kappa shape index (κ2) is 8.06. The van der Waals surface area contributed by atoms with Gasteiger partial charge in [-0.3, -0.25) is 19.8 Å². The first-order valence-electron chi connectivity index (χ1n) is 9.13. The van der Waals surface area contributed by atoms with Crippen LogP contribution in [-0.2, 0) is 9.59 Å². The first-order chi connectivity index (χ1) is 11.5. The van der Waals surface area contributed by atoms with Crippen LogP contribution < -0.4 is 5.32 Å². The molecule has 0 radical (unpaired) electrons. The number of hydrogen-bond acceptors (Lipinski definition) is 5. The Labute approximate surface area is 149 Å². The van der Waals surface area contributed by atoms with Crippen LogP contribution in [0.2, 0.25) is 0 Å². The fraction of sp³-hybridized carbons (Fsp3) is 0.882. The third kappa shape index (κ3) is 4.43. The molecule has 7 heteroatoms. The second-order valence-electron chi connectivity index (χ2n) is 7.62. The lowest BCUT2D eigenvalue weighted by atomic mass is 9.92. The molecule has 0 aromatic heterocycles. The molecule has 24 heavy (non-hydrogen) atoms. The van der Waals surface area contributed by atoms with Crippen molar-refractivity contribution in [2.75, 3.05) is 57.4 Å². The zero-order valence-electron chi connectivity index (χ0n) is 14.9. The van der Waals surface area contributed by atoms with Gasteiger partial charge >= 0.3 is 0 Å². The predicted octanol–water partition coefficient (Wildman–Crippen LogP) is 0.298. The second-order valence-corrected chi connectivity index (χ2v) is 8.65. The molecule has 0 bridgehead atoms. The first-order valence-corrected chi connectivity index (χ1v) is 10.3. The number of nitrogens with one attached hydrogen (secondary N) is 1. The van der Waals surface area contributed by atoms with E-state index in [1.165, 1.54) is 6.42 Å². The number of carbonyl (C=O) groups excluding carboxylic acids is 2. The summed E-state index contributed by atoms with van der Waals surface area (Å²) < 4.78 is 0. The number of amides is 2. The highest BCUT2D eigenvalue weighted by molar-refractivity contribution is 7.99. The Bertz CT molecular complexity index is 452. The van der Waals surface area contributed by atoms with Crippen molar-refractivity contribution in [3.8, 4) is 0 Å². The Morgan fingerprint density at radius 3 is 2.29 bits per heavy atom. The lowest BCUT2D eigenvalue weighted by Crippen LogP contribution is -2.55. The molecule has 3 heterocycles. The van der Waals surface area contributed by atoms with Crippen LogP contribution in [0.1, 0.15) is 20.3 Å². The van der Waals surface area contributed by atoms with Crippen molar-refractivity contribution in [2.24, 2.45) is 11.8 Å². The van der Waals surface area contributed by atoms with Crippen LogP contribution in [0.25, 0.3) is 0 Å². The molecule has 136 valence electrons. The number of rotatable bonds is 3. The molecule has 3 rings (SSSR count). The molecule has 3 fully saturated rings. The summed E-state index contributed by atoms with van der Waals surface area (Å²) in [4.78, 5) is 31.2. The smallest absolute Gasteiger partial charge is 0.240 e. The fourth-order valence-corrected chi connectivity index (χ4v) is 4.99. The van der Waals surface area contributed by atoms with E-state index in [-0.39, 0.29) is 17.9 Å². The molecule has 3 saturated heterocycles. The maximum absolute atomic E-state index is 12.6. The summed E-state index contributed by atoms with van der Waals surface area (Å²) in [5.41, 5.74) is 0. The molecule has 0 saturated carbocycles. The summed E-state index contributed by atoms with van der Waals surface area (Å²) in [5, 5.41) is 3.25. The fourth-order valence-electron chi connectivity index (χ4n) is 4.06. The Kier molecular flexibility index (Phi) is 6.05. The number of likely N-dealkylation sites (tertiary alicyclic amines) is 1. The number of thioether (sulfide) groups is 1. The number of nitrogens with zero attached hydrogens (tertiary/aromatic N) is 3. The summed E-state index contributed by atoms with van der Waals surface area (Å²) in [6, 6.07) is -0.0143. The lowest BCUT2D eigenvalue weighted by Gasteiger charge is -2.38. The van der Waals surface area contributed by atoms with Crippen molar-refractivity contribution in [3.63, 3.8) is 0 Å². The van der Waals surface area contributed by atoms with Gasteiger partial charge in [-0.1, -0.05) is 13.8 Å². The van der Waals surface area contributed by atoms with E-state index in [4.69, 9.17) is 0 Å². The van der Waals surface area contributed by atoms with Gasteiger partial charge in [-0.2, -0.15) is 0 Å². The molecule has 0 aliphatic carbocycles. The van der Waals surface area contributed by atoms with E-state index in [0.717, 1.165) is 50.9 Å². The van der Waals surface area contributed by atoms with Gasteiger partial charge in [0.25, 0.3) is 0 Å². The Morgan fingerprint density at radius 2 is 1.71 bits per heavy atom. The van der Waals surface area contributed by atoms with Crippen LogP contribution in [0.4, 0.5) is 0 Å². The highest BCUT2D eigenvalue weighted by atomic mass is 32.2. The maximum Gasteiger partial charge on any atom is 0.240 e. The summed E-state index contributed by atoms with van der Waals surface area (Å²) in [6.45, 7) is 9.83. The molecule has 3 atom stereocenters. The highest BCUT2D eigenvalue weighted by Crippen LogP contribution is 2.21. The minimum Gasteiger partial charge on any atom is -0.341 e. The highest BCUT2D eigenvalue weighted by Gasteiger charge is 2.31.